The topological polar surface area (TPSA) is 117 Å². The molecule has 0 saturated carbocycles. The molecule has 220 valence electrons. The van der Waals surface area contributed by atoms with Crippen LogP contribution in [0.4, 0.5) is 10.1 Å². The van der Waals surface area contributed by atoms with Gasteiger partial charge in [0.2, 0.25) is 11.6 Å². The Balaban J connectivity index is 1.33. The maximum atomic E-state index is 13.9. The van der Waals surface area contributed by atoms with Gasteiger partial charge in [0, 0.05) is 10.9 Å². The van der Waals surface area contributed by atoms with E-state index < -0.39 is 18.3 Å². The highest BCUT2D eigenvalue weighted by Gasteiger charge is 2.18. The first kappa shape index (κ1) is 28.2. The zero-order chi connectivity index (χ0) is 30.6. The third kappa shape index (κ3) is 5.58. The maximum Gasteiger partial charge on any atom is 0.282 e. The van der Waals surface area contributed by atoms with Crippen LogP contribution in [-0.2, 0) is 4.79 Å². The number of halogens is 1. The van der Waals surface area contributed by atoms with E-state index >= 15 is 0 Å². The van der Waals surface area contributed by atoms with E-state index in [4.69, 9.17) is 23.6 Å². The van der Waals surface area contributed by atoms with Crippen molar-refractivity contribution in [3.8, 4) is 28.8 Å². The SMILES string of the molecule is COc1cc(C=Nn2c(-c3cc4ccccc4o3)nc3ccccc3c2=O)cc(OC)c1OCC(=O)Nc1ccccc1F. The lowest BCUT2D eigenvalue weighted by molar-refractivity contribution is -0.118. The first-order chi connectivity index (χ1) is 21.4. The monoisotopic (exact) mass is 592 g/mol. The Morgan fingerprint density at radius 2 is 1.68 bits per heavy atom. The highest BCUT2D eigenvalue weighted by atomic mass is 19.1. The number of carbonyl (C=O) groups is 1. The van der Waals surface area contributed by atoms with Gasteiger partial charge in [0.15, 0.2) is 23.9 Å². The summed E-state index contributed by atoms with van der Waals surface area (Å²) in [7, 11) is 2.86. The van der Waals surface area contributed by atoms with Gasteiger partial charge in [0.25, 0.3) is 11.5 Å². The molecule has 6 rings (SSSR count). The van der Waals surface area contributed by atoms with E-state index in [0.29, 0.717) is 27.8 Å². The Kier molecular flexibility index (Phi) is 7.75. The molecule has 0 saturated heterocycles. The predicted octanol–water partition coefficient (Wildman–Crippen LogP) is 5.87. The van der Waals surface area contributed by atoms with E-state index in [1.165, 1.54) is 43.3 Å². The number of amides is 1. The number of methoxy groups -OCH3 is 2. The van der Waals surface area contributed by atoms with Crippen LogP contribution < -0.4 is 25.1 Å². The quantitative estimate of drug-likeness (QED) is 0.209. The molecule has 0 fully saturated rings. The second-order valence-corrected chi connectivity index (χ2v) is 9.53. The number of hydrogen-bond donors (Lipinski definition) is 1. The van der Waals surface area contributed by atoms with Crippen LogP contribution in [0.3, 0.4) is 0 Å². The van der Waals surface area contributed by atoms with Crippen molar-refractivity contribution in [2.45, 2.75) is 0 Å². The molecule has 1 N–H and O–H groups in total. The molecule has 2 heterocycles. The summed E-state index contributed by atoms with van der Waals surface area (Å²) in [5.41, 5.74) is 1.29. The molecule has 0 aliphatic heterocycles. The summed E-state index contributed by atoms with van der Waals surface area (Å²) >= 11 is 0. The summed E-state index contributed by atoms with van der Waals surface area (Å²) in [4.78, 5) is 30.7. The number of fused-ring (bicyclic) bond motifs is 2. The van der Waals surface area contributed by atoms with Gasteiger partial charge in [-0.25, -0.2) is 9.37 Å². The summed E-state index contributed by atoms with van der Waals surface area (Å²) in [5, 5.41) is 8.19. The van der Waals surface area contributed by atoms with E-state index in [1.54, 1.807) is 48.5 Å². The normalized spacial score (nSPS) is 11.2. The van der Waals surface area contributed by atoms with Crippen LogP contribution in [-0.4, -0.2) is 42.6 Å². The number of benzene rings is 4. The molecule has 4 aromatic carbocycles. The lowest BCUT2D eigenvalue weighted by Gasteiger charge is -2.15. The zero-order valence-electron chi connectivity index (χ0n) is 23.6. The van der Waals surface area contributed by atoms with E-state index in [-0.39, 0.29) is 34.3 Å². The van der Waals surface area contributed by atoms with Crippen molar-refractivity contribution in [1.29, 1.82) is 0 Å². The van der Waals surface area contributed by atoms with Crippen molar-refractivity contribution in [1.82, 2.24) is 9.66 Å². The summed E-state index contributed by atoms with van der Waals surface area (Å²) < 4.78 is 37.8. The van der Waals surface area contributed by atoms with Gasteiger partial charge in [-0.05, 0) is 48.5 Å². The highest BCUT2D eigenvalue weighted by Crippen LogP contribution is 2.38. The standard InChI is InChI=1S/C33H25FN4O6/c1-41-27-15-20(16-28(42-2)31(27)43-19-30(39)36-25-13-7-5-11-23(25)34)18-35-38-32(29-17-21-9-3-8-14-26(21)44-29)37-24-12-6-4-10-22(24)33(38)40/h3-18H,19H2,1-2H3,(H,36,39). The number of nitrogens with zero attached hydrogens (tertiary/aromatic N) is 3. The average Bonchev–Trinajstić information content (AvgIpc) is 3.48. The lowest BCUT2D eigenvalue weighted by atomic mass is 10.2. The van der Waals surface area contributed by atoms with Gasteiger partial charge in [0.05, 0.1) is 37.0 Å². The molecule has 2 aromatic heterocycles. The maximum absolute atomic E-state index is 13.9. The van der Waals surface area contributed by atoms with Crippen LogP contribution in [0, 0.1) is 5.82 Å². The zero-order valence-corrected chi connectivity index (χ0v) is 23.6. The van der Waals surface area contributed by atoms with Crippen molar-refractivity contribution < 1.29 is 27.8 Å². The number of hydrogen-bond acceptors (Lipinski definition) is 8. The first-order valence-corrected chi connectivity index (χ1v) is 13.4. The minimum absolute atomic E-state index is 0.0343. The Morgan fingerprint density at radius 3 is 2.43 bits per heavy atom. The predicted molar refractivity (Wildman–Crippen MR) is 164 cm³/mol. The second kappa shape index (κ2) is 12.1. The average molecular weight is 593 g/mol. The van der Waals surface area contributed by atoms with Crippen molar-refractivity contribution >= 4 is 39.7 Å². The van der Waals surface area contributed by atoms with Crippen LogP contribution in [0.15, 0.2) is 105 Å². The van der Waals surface area contributed by atoms with E-state index in [1.807, 2.05) is 24.3 Å². The van der Waals surface area contributed by atoms with E-state index in [2.05, 4.69) is 10.4 Å². The number of furan rings is 1. The fourth-order valence-electron chi connectivity index (χ4n) is 4.61. The van der Waals surface area contributed by atoms with Crippen molar-refractivity contribution in [2.75, 3.05) is 26.1 Å². The third-order valence-corrected chi connectivity index (χ3v) is 6.70. The molecule has 44 heavy (non-hydrogen) atoms. The summed E-state index contributed by atoms with van der Waals surface area (Å²) in [6.45, 7) is -0.437. The molecule has 0 unspecified atom stereocenters. The molecule has 0 spiro atoms. The smallest absolute Gasteiger partial charge is 0.282 e. The van der Waals surface area contributed by atoms with Gasteiger partial charge >= 0.3 is 0 Å². The summed E-state index contributed by atoms with van der Waals surface area (Å²) in [6.07, 6.45) is 1.45. The number of anilines is 1. The minimum Gasteiger partial charge on any atom is -0.493 e. The summed E-state index contributed by atoms with van der Waals surface area (Å²) in [6, 6.07) is 25.3. The van der Waals surface area contributed by atoms with Gasteiger partial charge < -0.3 is 23.9 Å². The van der Waals surface area contributed by atoms with E-state index in [0.717, 1.165) is 5.39 Å². The molecule has 1 amide bonds. The Morgan fingerprint density at radius 1 is 0.977 bits per heavy atom. The molecule has 11 heteroatoms. The molecule has 0 aliphatic carbocycles. The van der Waals surface area contributed by atoms with Crippen molar-refractivity contribution in [3.63, 3.8) is 0 Å². The first-order valence-electron chi connectivity index (χ1n) is 13.4. The molecular formula is C33H25FN4O6. The molecule has 6 aromatic rings. The molecule has 10 nitrogen and oxygen atoms in total. The summed E-state index contributed by atoms with van der Waals surface area (Å²) in [5.74, 6) is 0.0926. The van der Waals surface area contributed by atoms with Crippen molar-refractivity contribution in [2.24, 2.45) is 5.10 Å². The number of para-hydroxylation sites is 3. The molecular weight excluding hydrogens is 567 g/mol. The highest BCUT2D eigenvalue weighted by molar-refractivity contribution is 5.92. The molecule has 0 radical (unpaired) electrons. The largest absolute Gasteiger partial charge is 0.493 e. The van der Waals surface area contributed by atoms with Gasteiger partial charge in [-0.1, -0.05) is 42.5 Å². The molecule has 0 bridgehead atoms. The third-order valence-electron chi connectivity index (χ3n) is 6.70. The van der Waals surface area contributed by atoms with Crippen molar-refractivity contribution in [3.05, 3.63) is 113 Å². The van der Waals surface area contributed by atoms with Gasteiger partial charge in [-0.15, -0.1) is 0 Å². The van der Waals surface area contributed by atoms with Crippen LogP contribution in [0.2, 0.25) is 0 Å². The van der Waals surface area contributed by atoms with Crippen LogP contribution in [0.25, 0.3) is 33.5 Å². The second-order valence-electron chi connectivity index (χ2n) is 9.53. The van der Waals surface area contributed by atoms with Gasteiger partial charge in [0.1, 0.15) is 11.4 Å². The van der Waals surface area contributed by atoms with E-state index in [9.17, 15) is 14.0 Å². The molecule has 0 aliphatic rings. The number of ether oxygens (including phenoxy) is 3. The minimum atomic E-state index is -0.578. The van der Waals surface area contributed by atoms with Crippen LogP contribution in [0.5, 0.6) is 17.2 Å². The number of aromatic nitrogens is 2. The van der Waals surface area contributed by atoms with Crippen LogP contribution in [0.1, 0.15) is 5.56 Å². The van der Waals surface area contributed by atoms with Crippen LogP contribution >= 0.6 is 0 Å². The van der Waals surface area contributed by atoms with Gasteiger partial charge in [-0.2, -0.15) is 9.78 Å². The Bertz CT molecular complexity index is 2040. The lowest BCUT2D eigenvalue weighted by Crippen LogP contribution is -2.21. The number of rotatable bonds is 9. The fourth-order valence-corrected chi connectivity index (χ4v) is 4.61. The van der Waals surface area contributed by atoms with Gasteiger partial charge in [-0.3, -0.25) is 9.59 Å². The fraction of sp³-hybridized carbons (Fsp3) is 0.0909. The number of nitrogens with one attached hydrogen (secondary N) is 1. The Labute approximate surface area is 249 Å². The molecule has 0 atom stereocenters. The number of carbonyl (C=O) groups excluding carboxylic acids is 1. The Hall–Kier alpha value is -5.97.